The first-order chi connectivity index (χ1) is 22.1. The van der Waals surface area contributed by atoms with Crippen molar-refractivity contribution < 1.29 is 23.4 Å². The van der Waals surface area contributed by atoms with E-state index in [-0.39, 0.29) is 11.9 Å². The summed E-state index contributed by atoms with van der Waals surface area (Å²) in [6, 6.07) is 26.1. The van der Waals surface area contributed by atoms with Crippen molar-refractivity contribution in [3.63, 3.8) is 0 Å². The van der Waals surface area contributed by atoms with E-state index in [0.717, 1.165) is 31.9 Å². The number of esters is 1. The lowest BCUT2D eigenvalue weighted by atomic mass is 10.2. The van der Waals surface area contributed by atoms with E-state index in [9.17, 15) is 14.2 Å². The van der Waals surface area contributed by atoms with Crippen LogP contribution < -0.4 is 9.61 Å². The largest absolute Gasteiger partial charge is 0.462 e. The van der Waals surface area contributed by atoms with Crippen LogP contribution in [0.25, 0.3) is 23.1 Å². The summed E-state index contributed by atoms with van der Waals surface area (Å²) >= 11 is 1.39. The maximum Gasteiger partial charge on any atom is 0.422 e. The number of rotatable bonds is 12. The Balaban J connectivity index is 1.39. The van der Waals surface area contributed by atoms with Gasteiger partial charge < -0.3 is 9.26 Å². The fourth-order valence-electron chi connectivity index (χ4n) is 4.43. The van der Waals surface area contributed by atoms with E-state index in [1.165, 1.54) is 25.7 Å². The van der Waals surface area contributed by atoms with Crippen LogP contribution in [0.15, 0.2) is 107 Å². The van der Waals surface area contributed by atoms with Crippen molar-refractivity contribution in [3.8, 4) is 5.75 Å². The maximum absolute atomic E-state index is 14.4. The number of pyridine rings is 1. The monoisotopic (exact) mass is 655 g/mol. The van der Waals surface area contributed by atoms with Crippen molar-refractivity contribution in [3.05, 3.63) is 114 Å². The SMILES string of the molecule is CC(C)OC(=O)[C@H](C)NP(=O)(Oc1ccccc1)N(C)C(=O)c1ccccc1Sc1ccc2c(/C=C/c3ccccn3)n[nH]c2c1. The quantitative estimate of drug-likeness (QED) is 0.104. The second-order valence-corrected chi connectivity index (χ2v) is 13.8. The number of carbonyl (C=O) groups is 2. The molecule has 1 amide bonds. The Morgan fingerprint density at radius 2 is 1.70 bits per heavy atom. The van der Waals surface area contributed by atoms with Crippen molar-refractivity contribution in [2.24, 2.45) is 0 Å². The molecule has 46 heavy (non-hydrogen) atoms. The summed E-state index contributed by atoms with van der Waals surface area (Å²) in [7, 11) is -2.78. The van der Waals surface area contributed by atoms with Gasteiger partial charge in [0.25, 0.3) is 5.91 Å². The third kappa shape index (κ3) is 7.92. The molecule has 1 unspecified atom stereocenters. The number of para-hydroxylation sites is 1. The van der Waals surface area contributed by atoms with Gasteiger partial charge in [0.05, 0.1) is 28.6 Å². The zero-order chi connectivity index (χ0) is 32.7. The zero-order valence-electron chi connectivity index (χ0n) is 25.8. The van der Waals surface area contributed by atoms with Gasteiger partial charge in [-0.15, -0.1) is 0 Å². The molecule has 3 aromatic carbocycles. The minimum absolute atomic E-state index is 0.271. The highest BCUT2D eigenvalue weighted by molar-refractivity contribution is 7.99. The maximum atomic E-state index is 14.4. The van der Waals surface area contributed by atoms with Gasteiger partial charge in [0, 0.05) is 28.4 Å². The van der Waals surface area contributed by atoms with Crippen molar-refractivity contribution >= 4 is 54.4 Å². The summed E-state index contributed by atoms with van der Waals surface area (Å²) in [4.78, 5) is 32.4. The van der Waals surface area contributed by atoms with Crippen LogP contribution in [0.5, 0.6) is 5.75 Å². The number of aromatic nitrogens is 3. The predicted molar refractivity (Wildman–Crippen MR) is 180 cm³/mol. The number of nitrogens with zero attached hydrogens (tertiary/aromatic N) is 3. The van der Waals surface area contributed by atoms with Gasteiger partial charge in [0.1, 0.15) is 11.8 Å². The van der Waals surface area contributed by atoms with Crippen LogP contribution in [0.2, 0.25) is 0 Å². The predicted octanol–water partition coefficient (Wildman–Crippen LogP) is 7.47. The van der Waals surface area contributed by atoms with Crippen LogP contribution in [0, 0.1) is 0 Å². The van der Waals surface area contributed by atoms with Crippen LogP contribution in [0.1, 0.15) is 42.5 Å². The van der Waals surface area contributed by atoms with Gasteiger partial charge in [-0.25, -0.2) is 14.3 Å². The first-order valence-electron chi connectivity index (χ1n) is 14.6. The van der Waals surface area contributed by atoms with Crippen molar-refractivity contribution in [2.75, 3.05) is 7.05 Å². The lowest BCUT2D eigenvalue weighted by molar-refractivity contribution is -0.149. The molecule has 0 aliphatic heterocycles. The molecular formula is C34H34N5O5PS. The molecule has 2 atom stereocenters. The third-order valence-electron chi connectivity index (χ3n) is 6.73. The number of H-pyrrole nitrogens is 1. The first-order valence-corrected chi connectivity index (χ1v) is 17.0. The summed E-state index contributed by atoms with van der Waals surface area (Å²) in [6.07, 6.45) is 5.18. The molecule has 0 aliphatic carbocycles. The average molecular weight is 656 g/mol. The molecule has 12 heteroatoms. The molecule has 5 aromatic rings. The number of aromatic amines is 1. The van der Waals surface area contributed by atoms with Crippen molar-refractivity contribution in [1.82, 2.24) is 24.9 Å². The summed E-state index contributed by atoms with van der Waals surface area (Å²) in [5.74, 6) is -0.899. The summed E-state index contributed by atoms with van der Waals surface area (Å²) < 4.78 is 26.6. The second-order valence-electron chi connectivity index (χ2n) is 10.6. The lowest BCUT2D eigenvalue weighted by Crippen LogP contribution is -2.41. The van der Waals surface area contributed by atoms with Crippen molar-refractivity contribution in [1.29, 1.82) is 0 Å². The number of ether oxygens (including phenoxy) is 1. The molecule has 0 bridgehead atoms. The Morgan fingerprint density at radius 3 is 2.43 bits per heavy atom. The van der Waals surface area contributed by atoms with Crippen molar-refractivity contribution in [2.45, 2.75) is 42.7 Å². The molecule has 236 valence electrons. The van der Waals surface area contributed by atoms with Crippen LogP contribution in [0.4, 0.5) is 0 Å². The smallest absolute Gasteiger partial charge is 0.422 e. The molecule has 2 aromatic heterocycles. The fourth-order valence-corrected chi connectivity index (χ4v) is 7.11. The molecule has 10 nitrogen and oxygen atoms in total. The molecule has 0 saturated heterocycles. The second kappa shape index (κ2) is 14.6. The molecule has 0 fully saturated rings. The first kappa shape index (κ1) is 32.7. The summed E-state index contributed by atoms with van der Waals surface area (Å²) in [5.41, 5.74) is 2.76. The van der Waals surface area contributed by atoms with E-state index in [1.807, 2.05) is 60.7 Å². The standard InChI is InChI=1S/C34H34N5O5PS/c1-23(2)43-34(41)24(3)38-45(42,44-26-13-6-5-7-14-26)39(4)33(40)29-15-8-9-16-32(29)46-27-18-19-28-30(36-37-31(28)22-27)20-17-25-12-10-11-21-35-25/h5-24H,1-4H3,(H,36,37)(H,38,42)/b20-17+/t24-,45?/m0/s1. The summed E-state index contributed by atoms with van der Waals surface area (Å²) in [5, 5.41) is 11.2. The van der Waals surface area contributed by atoms with E-state index in [4.69, 9.17) is 9.26 Å². The van der Waals surface area contributed by atoms with E-state index in [1.54, 1.807) is 62.5 Å². The highest BCUT2D eigenvalue weighted by atomic mass is 32.2. The van der Waals surface area contributed by atoms with E-state index < -0.39 is 25.6 Å². The zero-order valence-corrected chi connectivity index (χ0v) is 27.5. The lowest BCUT2D eigenvalue weighted by Gasteiger charge is -2.30. The van der Waals surface area contributed by atoms with Gasteiger partial charge in [0.2, 0.25) is 0 Å². The molecule has 0 spiro atoms. The number of hydrogen-bond donors (Lipinski definition) is 2. The molecule has 2 heterocycles. The van der Waals surface area contributed by atoms with Crippen LogP contribution in [-0.4, -0.2) is 50.9 Å². The summed E-state index contributed by atoms with van der Waals surface area (Å²) in [6.45, 7) is 4.96. The fraction of sp³-hybridized carbons (Fsp3) is 0.176. The molecule has 0 saturated carbocycles. The average Bonchev–Trinajstić information content (AvgIpc) is 3.46. The number of hydrogen-bond acceptors (Lipinski definition) is 8. The van der Waals surface area contributed by atoms with Crippen LogP contribution in [0.3, 0.4) is 0 Å². The highest BCUT2D eigenvalue weighted by Gasteiger charge is 2.39. The number of fused-ring (bicyclic) bond motifs is 1. The van der Waals surface area contributed by atoms with Gasteiger partial charge >= 0.3 is 13.6 Å². The van der Waals surface area contributed by atoms with E-state index in [2.05, 4.69) is 20.3 Å². The van der Waals surface area contributed by atoms with Gasteiger partial charge in [-0.05, 0) is 87.5 Å². The number of amides is 1. The Kier molecular flexibility index (Phi) is 10.4. The minimum Gasteiger partial charge on any atom is -0.462 e. The minimum atomic E-state index is -4.17. The van der Waals surface area contributed by atoms with Gasteiger partial charge in [-0.3, -0.25) is 19.7 Å². The molecule has 0 aliphatic rings. The Hall–Kier alpha value is -4.70. The topological polar surface area (TPSA) is 127 Å². The van der Waals surface area contributed by atoms with Gasteiger partial charge in [-0.1, -0.05) is 48.2 Å². The molecule has 0 radical (unpaired) electrons. The normalized spacial score (nSPS) is 13.4. The number of benzene rings is 3. The Bertz CT molecular complexity index is 1900. The van der Waals surface area contributed by atoms with Gasteiger partial charge in [0.15, 0.2) is 0 Å². The highest BCUT2D eigenvalue weighted by Crippen LogP contribution is 2.48. The Morgan fingerprint density at radius 1 is 0.957 bits per heavy atom. The molecule has 5 rings (SSSR count). The van der Waals surface area contributed by atoms with E-state index in [0.29, 0.717) is 10.5 Å². The molecule has 2 N–H and O–H groups in total. The molecular weight excluding hydrogens is 621 g/mol. The van der Waals surface area contributed by atoms with Crippen LogP contribution >= 0.6 is 19.4 Å². The number of nitrogens with one attached hydrogen (secondary N) is 2. The Labute approximate surface area is 271 Å². The number of carbonyl (C=O) groups excluding carboxylic acids is 2. The van der Waals surface area contributed by atoms with Crippen LogP contribution in [-0.2, 0) is 14.1 Å². The van der Waals surface area contributed by atoms with E-state index >= 15 is 0 Å². The third-order valence-corrected chi connectivity index (χ3v) is 9.94. The van der Waals surface area contributed by atoms with Gasteiger partial charge in [-0.2, -0.15) is 5.10 Å².